The second kappa shape index (κ2) is 12.7. The van der Waals surface area contributed by atoms with Gasteiger partial charge in [-0.1, -0.05) is 22.0 Å². The number of likely N-dealkylation sites (tertiary alicyclic amines) is 1. The summed E-state index contributed by atoms with van der Waals surface area (Å²) < 4.78 is 0. The molecule has 0 bridgehead atoms. The number of rotatable bonds is 6. The van der Waals surface area contributed by atoms with Gasteiger partial charge in [0.05, 0.1) is 12.1 Å². The van der Waals surface area contributed by atoms with E-state index in [0.29, 0.717) is 38.0 Å². The van der Waals surface area contributed by atoms with Crippen LogP contribution in [0, 0.1) is 0 Å². The van der Waals surface area contributed by atoms with Gasteiger partial charge in [0.1, 0.15) is 5.82 Å². The second-order valence-corrected chi connectivity index (χ2v) is 10.2. The molecule has 1 saturated heterocycles. The summed E-state index contributed by atoms with van der Waals surface area (Å²) in [5, 5.41) is 25.4. The maximum Gasteiger partial charge on any atom is 0.320 e. The molecule has 4 amide bonds. The summed E-state index contributed by atoms with van der Waals surface area (Å²) >= 11 is 6.07. The summed E-state index contributed by atoms with van der Waals surface area (Å²) in [6.45, 7) is 4.77. The molecule has 1 atom stereocenters. The van der Waals surface area contributed by atoms with E-state index in [2.05, 4.69) is 51.9 Å². The van der Waals surface area contributed by atoms with Gasteiger partial charge in [0.15, 0.2) is 22.9 Å². The highest BCUT2D eigenvalue weighted by atomic mass is 35.5. The Kier molecular flexibility index (Phi) is 9.11. The van der Waals surface area contributed by atoms with Gasteiger partial charge in [-0.3, -0.25) is 25.2 Å². The quantitative estimate of drug-likeness (QED) is 0.0967. The van der Waals surface area contributed by atoms with Crippen LogP contribution in [0.1, 0.15) is 37.0 Å². The van der Waals surface area contributed by atoms with E-state index in [-0.39, 0.29) is 40.4 Å². The predicted octanol–water partition coefficient (Wildman–Crippen LogP) is -0.365. The molecule has 1 spiro atoms. The van der Waals surface area contributed by atoms with Gasteiger partial charge in [-0.05, 0) is 38.8 Å². The highest BCUT2D eigenvalue weighted by Crippen LogP contribution is 2.31. The monoisotopic (exact) mass is 602 g/mol. The van der Waals surface area contributed by atoms with E-state index in [1.54, 1.807) is 11.0 Å². The van der Waals surface area contributed by atoms with Crippen molar-refractivity contribution in [3.05, 3.63) is 34.9 Å². The summed E-state index contributed by atoms with van der Waals surface area (Å²) in [5.41, 5.74) is -0.405. The summed E-state index contributed by atoms with van der Waals surface area (Å²) in [4.78, 5) is 52.8. The molecule has 1 fully saturated rings. The van der Waals surface area contributed by atoms with Crippen molar-refractivity contribution in [3.8, 4) is 0 Å². The first-order valence-electron chi connectivity index (χ1n) is 12.8. The Morgan fingerprint density at radius 1 is 1.19 bits per heavy atom. The lowest BCUT2D eigenvalue weighted by molar-refractivity contribution is -0.113. The number of pyridine rings is 1. The number of hydrogen-bond acceptors (Lipinski definition) is 13. The van der Waals surface area contributed by atoms with Crippen molar-refractivity contribution in [2.24, 2.45) is 48.2 Å². The molecule has 1 aromatic rings. The molecule has 4 heterocycles. The summed E-state index contributed by atoms with van der Waals surface area (Å²) in [7, 11) is 0. The fourth-order valence-corrected chi connectivity index (χ4v) is 4.72. The minimum Gasteiger partial charge on any atom is -0.338 e. The molecule has 224 valence electrons. The van der Waals surface area contributed by atoms with Gasteiger partial charge >= 0.3 is 6.03 Å². The Hall–Kier alpha value is -4.91. The Morgan fingerprint density at radius 3 is 2.60 bits per heavy atom. The lowest BCUT2D eigenvalue weighted by Crippen LogP contribution is -2.52. The zero-order valence-corrected chi connectivity index (χ0v) is 23.5. The molecule has 20 heteroatoms. The Balaban J connectivity index is 1.41. The van der Waals surface area contributed by atoms with E-state index in [4.69, 9.17) is 34.1 Å². The minimum absolute atomic E-state index is 0.0251. The second-order valence-electron chi connectivity index (χ2n) is 9.85. The van der Waals surface area contributed by atoms with Crippen LogP contribution < -0.4 is 38.8 Å². The standard InChI is InChI=1S/C22H31ClN16O3/c1-11(2)28-21(42)29-13-9-12(3-6-27-13)19(41)38-7-4-22(5-8-38)10-39(26)20(33-22)32-18(40)14-16(34-36-24)31-17(35-37-25)15(23)30-14/h3,6,9,11,16,31H,4-5,7-8,10,26H2,1-2H3,(H2,24,34)(H2,25,35)(H,32,33,40)(H2,27,28,29,42). The number of anilines is 1. The van der Waals surface area contributed by atoms with Gasteiger partial charge in [-0.2, -0.15) is 0 Å². The third-order valence-electron chi connectivity index (χ3n) is 6.47. The third-order valence-corrected chi connectivity index (χ3v) is 6.74. The lowest BCUT2D eigenvalue weighted by Gasteiger charge is -2.37. The molecule has 3 aliphatic rings. The van der Waals surface area contributed by atoms with Crippen molar-refractivity contribution in [3.63, 3.8) is 0 Å². The largest absolute Gasteiger partial charge is 0.338 e. The highest BCUT2D eigenvalue weighted by molar-refractivity contribution is 6.45. The highest BCUT2D eigenvalue weighted by Gasteiger charge is 2.43. The molecule has 1 aromatic heterocycles. The molecule has 0 aliphatic carbocycles. The minimum atomic E-state index is -1.12. The summed E-state index contributed by atoms with van der Waals surface area (Å²) in [6, 6.07) is 2.65. The molecule has 19 nitrogen and oxygen atoms in total. The van der Waals surface area contributed by atoms with Crippen molar-refractivity contribution in [1.29, 1.82) is 0 Å². The fourth-order valence-electron chi connectivity index (χ4n) is 4.54. The normalized spacial score (nSPS) is 20.2. The molecule has 0 saturated carbocycles. The molecule has 4 rings (SSSR count). The van der Waals surface area contributed by atoms with E-state index in [0.717, 1.165) is 0 Å². The Labute approximate surface area is 244 Å². The van der Waals surface area contributed by atoms with E-state index >= 15 is 0 Å². The third kappa shape index (κ3) is 6.86. The first-order chi connectivity index (χ1) is 20.0. The molecular formula is C22H31ClN16O3. The SMILES string of the molecule is CC(C)NC(=O)Nc1cc(C(=O)N2CCC3(CC2)CN(N)C(NC(=O)C2=NC(Cl)=C(N=NN)NC2N=NN)=N3)ccn1. The molecule has 10 N–H and O–H groups in total. The number of aromatic nitrogens is 1. The average Bonchev–Trinajstić information content (AvgIpc) is 3.23. The number of piperidine rings is 1. The Morgan fingerprint density at radius 2 is 1.93 bits per heavy atom. The first-order valence-corrected chi connectivity index (χ1v) is 13.1. The van der Waals surface area contributed by atoms with E-state index in [9.17, 15) is 14.4 Å². The topological polar surface area (TPSA) is 271 Å². The number of nitrogens with one attached hydrogen (secondary N) is 4. The number of hydrogen-bond donors (Lipinski definition) is 7. The van der Waals surface area contributed by atoms with Crippen LogP contribution in [0.5, 0.6) is 0 Å². The van der Waals surface area contributed by atoms with Gasteiger partial charge in [0, 0.05) is 30.9 Å². The maximum atomic E-state index is 13.2. The number of hydrazine groups is 1. The number of guanidine groups is 1. The molecule has 0 aromatic carbocycles. The van der Waals surface area contributed by atoms with Crippen LogP contribution in [0.2, 0.25) is 0 Å². The average molecular weight is 603 g/mol. The van der Waals surface area contributed by atoms with Crippen molar-refractivity contribution in [2.75, 3.05) is 25.0 Å². The summed E-state index contributed by atoms with van der Waals surface area (Å²) in [5.74, 6) is 15.9. The predicted molar refractivity (Wildman–Crippen MR) is 151 cm³/mol. The number of halogens is 1. The van der Waals surface area contributed by atoms with Crippen LogP contribution in [0.4, 0.5) is 10.6 Å². The van der Waals surface area contributed by atoms with Crippen LogP contribution in [0.3, 0.4) is 0 Å². The summed E-state index contributed by atoms with van der Waals surface area (Å²) in [6.07, 6.45) is 1.33. The van der Waals surface area contributed by atoms with Crippen molar-refractivity contribution in [1.82, 2.24) is 30.8 Å². The zero-order valence-electron chi connectivity index (χ0n) is 22.8. The molecular weight excluding hydrogens is 572 g/mol. The molecule has 1 unspecified atom stereocenters. The lowest BCUT2D eigenvalue weighted by atomic mass is 9.88. The van der Waals surface area contributed by atoms with Crippen LogP contribution in [-0.2, 0) is 4.79 Å². The van der Waals surface area contributed by atoms with Gasteiger partial charge in [0.2, 0.25) is 5.96 Å². The van der Waals surface area contributed by atoms with Crippen LogP contribution >= 0.6 is 11.6 Å². The van der Waals surface area contributed by atoms with Gasteiger partial charge in [-0.15, -0.1) is 10.2 Å². The van der Waals surface area contributed by atoms with Crippen LogP contribution in [-0.4, -0.2) is 81.8 Å². The van der Waals surface area contributed by atoms with Gasteiger partial charge in [-0.25, -0.2) is 25.6 Å². The van der Waals surface area contributed by atoms with Gasteiger partial charge in [0.25, 0.3) is 11.8 Å². The number of urea groups is 1. The van der Waals surface area contributed by atoms with E-state index in [1.165, 1.54) is 17.3 Å². The van der Waals surface area contributed by atoms with Crippen LogP contribution in [0.25, 0.3) is 0 Å². The van der Waals surface area contributed by atoms with Crippen LogP contribution in [0.15, 0.2) is 60.0 Å². The van der Waals surface area contributed by atoms with E-state index < -0.39 is 23.6 Å². The number of aliphatic imine (C=N–C) groups is 2. The number of nitrogens with two attached hydrogens (primary N) is 3. The van der Waals surface area contributed by atoms with Crippen molar-refractivity contribution >= 4 is 46.9 Å². The van der Waals surface area contributed by atoms with Crippen molar-refractivity contribution in [2.45, 2.75) is 44.4 Å². The van der Waals surface area contributed by atoms with Gasteiger partial charge < -0.3 is 27.2 Å². The smallest absolute Gasteiger partial charge is 0.320 e. The molecule has 42 heavy (non-hydrogen) atoms. The molecule has 0 radical (unpaired) electrons. The first kappa shape index (κ1) is 30.1. The fraction of sp³-hybridized carbons (Fsp3) is 0.455. The number of amides is 4. The Bertz CT molecular complexity index is 1380. The maximum absolute atomic E-state index is 13.2. The number of nitrogens with zero attached hydrogens (tertiary/aromatic N) is 9. The van der Waals surface area contributed by atoms with Crippen molar-refractivity contribution < 1.29 is 14.4 Å². The molecule has 3 aliphatic heterocycles. The number of carbonyl (C=O) groups is 3. The number of carbonyl (C=O) groups excluding carboxylic acids is 3. The van der Waals surface area contributed by atoms with E-state index in [1.807, 2.05) is 13.8 Å². The zero-order chi connectivity index (χ0) is 30.4.